The third kappa shape index (κ3) is 4.74. The van der Waals surface area contributed by atoms with E-state index in [1.54, 1.807) is 34.1 Å². The van der Waals surface area contributed by atoms with E-state index in [1.807, 2.05) is 0 Å². The second-order valence-corrected chi connectivity index (χ2v) is 7.77. The molecule has 0 bridgehead atoms. The van der Waals surface area contributed by atoms with E-state index in [9.17, 15) is 22.8 Å². The van der Waals surface area contributed by atoms with Gasteiger partial charge in [0.1, 0.15) is 6.10 Å². The van der Waals surface area contributed by atoms with E-state index >= 15 is 0 Å². The molecule has 2 aromatic rings. The summed E-state index contributed by atoms with van der Waals surface area (Å²) in [7, 11) is 0. The number of alkyl halides is 3. The summed E-state index contributed by atoms with van der Waals surface area (Å²) < 4.78 is 43.6. The number of nitrogens with zero attached hydrogens (tertiary/aromatic N) is 2. The molecule has 31 heavy (non-hydrogen) atoms. The van der Waals surface area contributed by atoms with Gasteiger partial charge in [0.15, 0.2) is 0 Å². The lowest BCUT2D eigenvalue weighted by atomic mass is 10.0. The highest BCUT2D eigenvalue weighted by Gasteiger charge is 2.32. The van der Waals surface area contributed by atoms with Gasteiger partial charge in [-0.25, -0.2) is 0 Å². The van der Waals surface area contributed by atoms with Gasteiger partial charge in [-0.3, -0.25) is 9.59 Å². The zero-order chi connectivity index (χ0) is 22.0. The zero-order valence-corrected chi connectivity index (χ0v) is 16.9. The van der Waals surface area contributed by atoms with Crippen LogP contribution < -0.4 is 0 Å². The Morgan fingerprint density at radius 3 is 1.90 bits per heavy atom. The van der Waals surface area contributed by atoms with E-state index in [1.165, 1.54) is 12.1 Å². The molecule has 1 unspecified atom stereocenters. The quantitative estimate of drug-likeness (QED) is 0.741. The highest BCUT2D eigenvalue weighted by molar-refractivity contribution is 5.95. The molecule has 0 aliphatic carbocycles. The van der Waals surface area contributed by atoms with Crippen LogP contribution in [0.1, 0.15) is 28.8 Å². The first kappa shape index (κ1) is 21.4. The van der Waals surface area contributed by atoms with Crippen molar-refractivity contribution in [3.63, 3.8) is 0 Å². The summed E-state index contributed by atoms with van der Waals surface area (Å²) in [6, 6.07) is 11.8. The van der Waals surface area contributed by atoms with Gasteiger partial charge in [0.05, 0.1) is 5.56 Å². The van der Waals surface area contributed by atoms with E-state index < -0.39 is 11.7 Å². The molecule has 0 spiro atoms. The molecule has 164 valence electrons. The number of hydrogen-bond acceptors (Lipinski definition) is 3. The van der Waals surface area contributed by atoms with Crippen LogP contribution in [-0.2, 0) is 15.7 Å². The summed E-state index contributed by atoms with van der Waals surface area (Å²) >= 11 is 0. The number of benzene rings is 2. The third-order valence-electron chi connectivity index (χ3n) is 5.76. The molecule has 2 aromatic carbocycles. The van der Waals surface area contributed by atoms with Gasteiger partial charge < -0.3 is 14.5 Å². The Labute approximate surface area is 178 Å². The lowest BCUT2D eigenvalue weighted by Crippen LogP contribution is -2.52. The molecule has 2 aliphatic heterocycles. The second-order valence-electron chi connectivity index (χ2n) is 7.77. The molecule has 0 radical (unpaired) electrons. The normalized spacial score (nSPS) is 19.5. The van der Waals surface area contributed by atoms with Gasteiger partial charge in [0.2, 0.25) is 0 Å². The van der Waals surface area contributed by atoms with E-state index in [0.717, 1.165) is 30.5 Å². The maximum absolute atomic E-state index is 12.8. The van der Waals surface area contributed by atoms with E-state index in [0.29, 0.717) is 43.9 Å². The average molecular weight is 432 g/mol. The van der Waals surface area contributed by atoms with Crippen LogP contribution in [-0.4, -0.2) is 60.5 Å². The van der Waals surface area contributed by atoms with Gasteiger partial charge in [0.25, 0.3) is 11.8 Å². The lowest BCUT2D eigenvalue weighted by Gasteiger charge is -2.35. The Balaban J connectivity index is 1.36. The molecule has 4 rings (SSSR count). The molecule has 2 heterocycles. The zero-order valence-electron chi connectivity index (χ0n) is 16.9. The van der Waals surface area contributed by atoms with Crippen molar-refractivity contribution in [1.82, 2.24) is 9.80 Å². The van der Waals surface area contributed by atoms with Gasteiger partial charge in [-0.05, 0) is 48.2 Å². The average Bonchev–Trinajstić information content (AvgIpc) is 3.33. The Morgan fingerprint density at radius 2 is 1.39 bits per heavy atom. The summed E-state index contributed by atoms with van der Waals surface area (Å²) in [5, 5.41) is 0. The summed E-state index contributed by atoms with van der Waals surface area (Å²) in [5.74, 6) is -0.117. The minimum Gasteiger partial charge on any atom is -0.368 e. The SMILES string of the molecule is O=C(c1ccc(-c2ccc(C(F)(F)F)cc2)cc1)N1CCN(C(=O)C2CCCO2)CC1. The Kier molecular flexibility index (Phi) is 6.00. The third-order valence-corrected chi connectivity index (χ3v) is 5.76. The van der Waals surface area contributed by atoms with Crippen molar-refractivity contribution in [1.29, 1.82) is 0 Å². The van der Waals surface area contributed by atoms with E-state index in [2.05, 4.69) is 0 Å². The fourth-order valence-corrected chi connectivity index (χ4v) is 3.95. The van der Waals surface area contributed by atoms with Crippen LogP contribution >= 0.6 is 0 Å². The van der Waals surface area contributed by atoms with Crippen molar-refractivity contribution in [3.8, 4) is 11.1 Å². The molecule has 8 heteroatoms. The minimum absolute atomic E-state index is 0.00509. The van der Waals surface area contributed by atoms with E-state index in [-0.39, 0.29) is 17.9 Å². The fourth-order valence-electron chi connectivity index (χ4n) is 3.95. The van der Waals surface area contributed by atoms with Gasteiger partial charge in [0, 0.05) is 38.3 Å². The van der Waals surface area contributed by atoms with Crippen molar-refractivity contribution in [2.24, 2.45) is 0 Å². The number of piperazine rings is 1. The summed E-state index contributed by atoms with van der Waals surface area (Å²) in [6.07, 6.45) is -3.06. The van der Waals surface area contributed by atoms with Crippen molar-refractivity contribution >= 4 is 11.8 Å². The monoisotopic (exact) mass is 432 g/mol. The number of rotatable bonds is 3. The predicted octanol–water partition coefficient (Wildman–Crippen LogP) is 3.84. The van der Waals surface area contributed by atoms with Crippen molar-refractivity contribution in [3.05, 3.63) is 59.7 Å². The van der Waals surface area contributed by atoms with Crippen LogP contribution in [0.25, 0.3) is 11.1 Å². The predicted molar refractivity (Wildman–Crippen MR) is 108 cm³/mol. The van der Waals surface area contributed by atoms with Crippen LogP contribution in [0, 0.1) is 0 Å². The number of halogens is 3. The first-order valence-electron chi connectivity index (χ1n) is 10.3. The summed E-state index contributed by atoms with van der Waals surface area (Å²) in [4.78, 5) is 28.7. The summed E-state index contributed by atoms with van der Waals surface area (Å²) in [5.41, 5.74) is 1.19. The minimum atomic E-state index is -4.37. The Morgan fingerprint density at radius 1 is 0.839 bits per heavy atom. The van der Waals surface area contributed by atoms with Crippen LogP contribution in [0.2, 0.25) is 0 Å². The molecule has 0 N–H and O–H groups in total. The number of amides is 2. The second kappa shape index (κ2) is 8.70. The van der Waals surface area contributed by atoms with Crippen molar-refractivity contribution < 1.29 is 27.5 Å². The number of carbonyl (C=O) groups is 2. The molecular formula is C23H23F3N2O3. The smallest absolute Gasteiger partial charge is 0.368 e. The summed E-state index contributed by atoms with van der Waals surface area (Å²) in [6.45, 7) is 2.50. The maximum atomic E-state index is 12.8. The Hall–Kier alpha value is -2.87. The maximum Gasteiger partial charge on any atom is 0.416 e. The number of hydrogen-bond donors (Lipinski definition) is 0. The van der Waals surface area contributed by atoms with Crippen LogP contribution in [0.15, 0.2) is 48.5 Å². The van der Waals surface area contributed by atoms with Crippen LogP contribution in [0.3, 0.4) is 0 Å². The van der Waals surface area contributed by atoms with Crippen LogP contribution in [0.5, 0.6) is 0 Å². The van der Waals surface area contributed by atoms with Gasteiger partial charge in [-0.15, -0.1) is 0 Å². The van der Waals surface area contributed by atoms with Gasteiger partial charge in [-0.1, -0.05) is 24.3 Å². The van der Waals surface area contributed by atoms with Crippen molar-refractivity contribution in [2.45, 2.75) is 25.1 Å². The molecule has 0 aromatic heterocycles. The van der Waals surface area contributed by atoms with Crippen LogP contribution in [0.4, 0.5) is 13.2 Å². The van der Waals surface area contributed by atoms with Gasteiger partial charge in [-0.2, -0.15) is 13.2 Å². The molecule has 2 amide bonds. The first-order valence-corrected chi connectivity index (χ1v) is 10.3. The number of ether oxygens (including phenoxy) is 1. The standard InChI is InChI=1S/C23H23F3N2O3/c24-23(25,26)19-9-7-17(8-10-19)16-3-5-18(6-4-16)21(29)27-11-13-28(14-12-27)22(30)20-2-1-15-31-20/h3-10,20H,1-2,11-15H2. The number of carbonyl (C=O) groups excluding carboxylic acids is 2. The topological polar surface area (TPSA) is 49.9 Å². The fraction of sp³-hybridized carbons (Fsp3) is 0.391. The highest BCUT2D eigenvalue weighted by atomic mass is 19.4. The first-order chi connectivity index (χ1) is 14.8. The molecule has 2 saturated heterocycles. The van der Waals surface area contributed by atoms with Gasteiger partial charge >= 0.3 is 6.18 Å². The van der Waals surface area contributed by atoms with E-state index in [4.69, 9.17) is 4.74 Å². The lowest BCUT2D eigenvalue weighted by molar-refractivity contribution is -0.142. The molecule has 2 fully saturated rings. The van der Waals surface area contributed by atoms with Crippen molar-refractivity contribution in [2.75, 3.05) is 32.8 Å². The largest absolute Gasteiger partial charge is 0.416 e. The molecular weight excluding hydrogens is 409 g/mol. The molecule has 2 aliphatic rings. The highest BCUT2D eigenvalue weighted by Crippen LogP contribution is 2.31. The molecule has 0 saturated carbocycles. The molecule has 5 nitrogen and oxygen atoms in total. The molecule has 1 atom stereocenters. The Bertz CT molecular complexity index is 928.